The molecule has 1 fully saturated rings. The van der Waals surface area contributed by atoms with E-state index in [4.69, 9.17) is 9.47 Å². The smallest absolute Gasteiger partial charge is 0.410 e. The zero-order chi connectivity index (χ0) is 19.8. The topological polar surface area (TPSA) is 54.9 Å². The summed E-state index contributed by atoms with van der Waals surface area (Å²) in [6.07, 6.45) is 1.55. The van der Waals surface area contributed by atoms with Crippen molar-refractivity contribution in [3.05, 3.63) is 17.8 Å². The number of hydrogen-bond donors (Lipinski definition) is 0. The van der Waals surface area contributed by atoms with Crippen molar-refractivity contribution in [2.75, 3.05) is 31.1 Å². The van der Waals surface area contributed by atoms with Crippen LogP contribution in [0.3, 0.4) is 0 Å². The first-order valence-electron chi connectivity index (χ1n) is 9.42. The van der Waals surface area contributed by atoms with Gasteiger partial charge in [0.05, 0.1) is 6.04 Å². The van der Waals surface area contributed by atoms with Crippen molar-refractivity contribution >= 4 is 20.0 Å². The number of hydrogen-bond acceptors (Lipinski definition) is 5. The van der Waals surface area contributed by atoms with Crippen LogP contribution < -0.4 is 9.64 Å². The molecule has 0 saturated carbocycles. The number of ether oxygens (including phenoxy) is 2. The lowest BCUT2D eigenvalue weighted by Crippen LogP contribution is -2.59. The molecule has 0 N–H and O–H groups in total. The summed E-state index contributed by atoms with van der Waals surface area (Å²) < 4.78 is 11.5. The first kappa shape index (κ1) is 19.6. The van der Waals surface area contributed by atoms with Gasteiger partial charge in [0.25, 0.3) is 0 Å². The molecule has 3 heterocycles. The Balaban J connectivity index is 1.72. The molecule has 2 aliphatic rings. The Bertz CT molecular complexity index is 786. The number of nitrogens with zero attached hydrogens (tertiary/aromatic N) is 3. The minimum atomic E-state index is -1.43. The van der Waals surface area contributed by atoms with E-state index >= 15 is 0 Å². The van der Waals surface area contributed by atoms with E-state index in [1.165, 1.54) is 0 Å². The van der Waals surface area contributed by atoms with Gasteiger partial charge in [0.15, 0.2) is 11.6 Å². The summed E-state index contributed by atoms with van der Waals surface area (Å²) in [6, 6.07) is 2.07. The quantitative estimate of drug-likeness (QED) is 0.506. The van der Waals surface area contributed by atoms with Gasteiger partial charge in [-0.05, 0) is 20.8 Å². The summed E-state index contributed by atoms with van der Waals surface area (Å²) in [5.41, 5.74) is 3.76. The van der Waals surface area contributed by atoms with Crippen LogP contribution in [-0.4, -0.2) is 61.9 Å². The van der Waals surface area contributed by atoms with Gasteiger partial charge in [0.2, 0.25) is 0 Å². The average molecular weight is 388 g/mol. The van der Waals surface area contributed by atoms with E-state index in [1.807, 2.05) is 33.0 Å². The summed E-state index contributed by atoms with van der Waals surface area (Å²) >= 11 is 0. The maximum Gasteiger partial charge on any atom is 0.410 e. The Kier molecular flexibility index (Phi) is 5.13. The van der Waals surface area contributed by atoms with Gasteiger partial charge in [0.1, 0.15) is 20.3 Å². The highest BCUT2D eigenvalue weighted by atomic mass is 28.3. The first-order valence-corrected chi connectivity index (χ1v) is 12.9. The summed E-state index contributed by atoms with van der Waals surface area (Å²) in [7, 11) is -1.43. The lowest BCUT2D eigenvalue weighted by molar-refractivity contribution is 0.0194. The van der Waals surface area contributed by atoms with Crippen LogP contribution in [0.25, 0.3) is 0 Å². The number of aromatic nitrogens is 1. The highest BCUT2D eigenvalue weighted by Crippen LogP contribution is 2.34. The predicted octanol–water partition coefficient (Wildman–Crippen LogP) is 3.13. The largest absolute Gasteiger partial charge is 0.487 e. The fourth-order valence-corrected chi connectivity index (χ4v) is 3.56. The number of anilines is 1. The number of carbonyl (C=O) groups is 1. The van der Waals surface area contributed by atoms with Crippen molar-refractivity contribution in [2.24, 2.45) is 0 Å². The second-order valence-corrected chi connectivity index (χ2v) is 13.9. The van der Waals surface area contributed by atoms with Gasteiger partial charge in [-0.3, -0.25) is 0 Å². The van der Waals surface area contributed by atoms with E-state index in [9.17, 15) is 4.79 Å². The Morgan fingerprint density at radius 2 is 2.07 bits per heavy atom. The molecule has 27 heavy (non-hydrogen) atoms. The van der Waals surface area contributed by atoms with E-state index in [0.717, 1.165) is 17.1 Å². The zero-order valence-corrected chi connectivity index (χ0v) is 18.1. The minimum absolute atomic E-state index is 0.0881. The van der Waals surface area contributed by atoms with E-state index in [0.29, 0.717) is 26.2 Å². The SMILES string of the molecule is CC(C)(C)OC(=O)N1CCN2c3ncc(C#C[Si](C)(C)C)cc3OCC2C1. The molecule has 0 spiro atoms. The number of amides is 1. The molecular weight excluding hydrogens is 358 g/mol. The van der Waals surface area contributed by atoms with Crippen LogP contribution in [-0.2, 0) is 4.74 Å². The molecule has 1 amide bonds. The summed E-state index contributed by atoms with van der Waals surface area (Å²) in [5.74, 6) is 4.85. The second kappa shape index (κ2) is 7.08. The van der Waals surface area contributed by atoms with Gasteiger partial charge in [0, 0.05) is 37.5 Å². The van der Waals surface area contributed by atoms with Crippen LogP contribution in [0.15, 0.2) is 12.3 Å². The number of carbonyl (C=O) groups excluding carboxylic acids is 1. The molecule has 7 heteroatoms. The molecule has 1 saturated heterocycles. The van der Waals surface area contributed by atoms with E-state index in [-0.39, 0.29) is 12.1 Å². The third kappa shape index (κ3) is 4.95. The summed E-state index contributed by atoms with van der Waals surface area (Å²) in [6.45, 7) is 14.7. The lowest BCUT2D eigenvalue weighted by Gasteiger charge is -2.44. The van der Waals surface area contributed by atoms with Gasteiger partial charge in [-0.25, -0.2) is 9.78 Å². The van der Waals surface area contributed by atoms with Crippen LogP contribution in [0.1, 0.15) is 26.3 Å². The number of rotatable bonds is 0. The Morgan fingerprint density at radius 3 is 2.74 bits per heavy atom. The normalized spacial score (nSPS) is 19.3. The van der Waals surface area contributed by atoms with Crippen LogP contribution in [0.4, 0.5) is 10.6 Å². The van der Waals surface area contributed by atoms with Gasteiger partial charge in [-0.1, -0.05) is 25.6 Å². The molecule has 0 aromatic carbocycles. The Labute approximate surface area is 162 Å². The van der Waals surface area contributed by atoms with Crippen molar-refractivity contribution < 1.29 is 14.3 Å². The van der Waals surface area contributed by atoms with Crippen LogP contribution >= 0.6 is 0 Å². The molecule has 0 radical (unpaired) electrons. The second-order valence-electron chi connectivity index (χ2n) is 9.13. The molecule has 2 aliphatic heterocycles. The first-order chi connectivity index (χ1) is 12.5. The Hall–Kier alpha value is -2.20. The van der Waals surface area contributed by atoms with E-state index < -0.39 is 13.7 Å². The molecule has 1 aromatic heterocycles. The van der Waals surface area contributed by atoms with Gasteiger partial charge >= 0.3 is 6.09 Å². The molecule has 1 aromatic rings. The van der Waals surface area contributed by atoms with Crippen LogP contribution in [0.2, 0.25) is 19.6 Å². The third-order valence-electron chi connectivity index (χ3n) is 4.25. The van der Waals surface area contributed by atoms with Crippen molar-refractivity contribution in [3.8, 4) is 17.2 Å². The van der Waals surface area contributed by atoms with Gasteiger partial charge in [-0.2, -0.15) is 0 Å². The number of piperazine rings is 1. The third-order valence-corrected chi connectivity index (χ3v) is 5.13. The zero-order valence-electron chi connectivity index (χ0n) is 17.1. The van der Waals surface area contributed by atoms with Crippen molar-refractivity contribution in [3.63, 3.8) is 0 Å². The molecule has 1 atom stereocenters. The van der Waals surface area contributed by atoms with Gasteiger partial charge in [-0.15, -0.1) is 5.54 Å². The van der Waals surface area contributed by atoms with Gasteiger partial charge < -0.3 is 19.3 Å². The molecule has 6 nitrogen and oxygen atoms in total. The molecular formula is C20H29N3O3Si. The maximum absolute atomic E-state index is 12.3. The fourth-order valence-electron chi connectivity index (χ4n) is 3.04. The van der Waals surface area contributed by atoms with Crippen molar-refractivity contribution in [1.82, 2.24) is 9.88 Å². The van der Waals surface area contributed by atoms with Crippen molar-refractivity contribution in [2.45, 2.75) is 52.1 Å². The number of pyridine rings is 1. The minimum Gasteiger partial charge on any atom is -0.487 e. The molecule has 0 bridgehead atoms. The number of fused-ring (bicyclic) bond motifs is 3. The fraction of sp³-hybridized carbons (Fsp3) is 0.600. The van der Waals surface area contributed by atoms with Crippen molar-refractivity contribution in [1.29, 1.82) is 0 Å². The molecule has 146 valence electrons. The highest BCUT2D eigenvalue weighted by Gasteiger charge is 2.36. The Morgan fingerprint density at radius 1 is 1.33 bits per heavy atom. The predicted molar refractivity (Wildman–Crippen MR) is 109 cm³/mol. The van der Waals surface area contributed by atoms with Crippen LogP contribution in [0, 0.1) is 11.5 Å². The van der Waals surface area contributed by atoms with E-state index in [1.54, 1.807) is 4.90 Å². The van der Waals surface area contributed by atoms with E-state index in [2.05, 4.69) is 41.0 Å². The maximum atomic E-state index is 12.3. The average Bonchev–Trinajstić information content (AvgIpc) is 2.57. The highest BCUT2D eigenvalue weighted by molar-refractivity contribution is 6.83. The molecule has 3 rings (SSSR count). The van der Waals surface area contributed by atoms with Crippen LogP contribution in [0.5, 0.6) is 5.75 Å². The summed E-state index contributed by atoms with van der Waals surface area (Å²) in [4.78, 5) is 21.0. The molecule has 0 aliphatic carbocycles. The standard InChI is InChI=1S/C20H29N3O3Si/c1-20(2,3)26-19(24)22-8-9-23-16(13-22)14-25-17-11-15(12-21-18(17)23)7-10-27(4,5)6/h11-12,16H,8-9,13-14H2,1-6H3. The molecule has 1 unspecified atom stereocenters. The monoisotopic (exact) mass is 387 g/mol. The summed E-state index contributed by atoms with van der Waals surface area (Å²) in [5, 5.41) is 0. The lowest BCUT2D eigenvalue weighted by atomic mass is 10.1.